The van der Waals surface area contributed by atoms with Crippen LogP contribution in [0.1, 0.15) is 26.6 Å². The van der Waals surface area contributed by atoms with Crippen LogP contribution in [0.25, 0.3) is 0 Å². The number of anilines is 1. The Balaban J connectivity index is 1.60. The van der Waals surface area contributed by atoms with Crippen molar-refractivity contribution in [2.24, 2.45) is 0 Å². The first-order valence-corrected chi connectivity index (χ1v) is 9.17. The lowest BCUT2D eigenvalue weighted by atomic mass is 10.1. The van der Waals surface area contributed by atoms with Crippen LogP contribution in [0.4, 0.5) is 10.5 Å². The lowest BCUT2D eigenvalue weighted by Gasteiger charge is -2.34. The fourth-order valence-electron chi connectivity index (χ4n) is 3.07. The molecular weight excluding hydrogens is 336 g/mol. The van der Waals surface area contributed by atoms with Gasteiger partial charge in [0, 0.05) is 31.9 Å². The molecule has 0 atom stereocenters. The third-order valence-corrected chi connectivity index (χ3v) is 5.20. The largest absolute Gasteiger partial charge is 0.334 e. The summed E-state index contributed by atoms with van der Waals surface area (Å²) in [7, 11) is 0. The smallest absolute Gasteiger partial charge is 0.322 e. The second-order valence-electron chi connectivity index (χ2n) is 6.23. The van der Waals surface area contributed by atoms with Gasteiger partial charge in [-0.1, -0.05) is 6.07 Å². The van der Waals surface area contributed by atoms with E-state index in [-0.39, 0.29) is 11.9 Å². The van der Waals surface area contributed by atoms with Gasteiger partial charge in [0.1, 0.15) is 0 Å². The van der Waals surface area contributed by atoms with Gasteiger partial charge in [0.25, 0.3) is 5.91 Å². The van der Waals surface area contributed by atoms with Crippen LogP contribution in [-0.4, -0.2) is 52.9 Å². The number of hydrogen-bond acceptors (Lipinski definition) is 4. The van der Waals surface area contributed by atoms with E-state index in [1.54, 1.807) is 9.80 Å². The first-order valence-electron chi connectivity index (χ1n) is 8.29. The van der Waals surface area contributed by atoms with Crippen LogP contribution >= 0.6 is 11.3 Å². The van der Waals surface area contributed by atoms with Crippen molar-refractivity contribution in [2.75, 3.05) is 31.5 Å². The minimum atomic E-state index is -0.139. The van der Waals surface area contributed by atoms with Gasteiger partial charge >= 0.3 is 6.03 Å². The van der Waals surface area contributed by atoms with Gasteiger partial charge in [0.2, 0.25) is 0 Å². The SMILES string of the molecule is Cc1cc(C)c(NC(=O)N2CCN(C(=O)c3cccs3)CC2)c(C)n1. The van der Waals surface area contributed by atoms with Crippen LogP contribution in [0.5, 0.6) is 0 Å². The Labute approximate surface area is 151 Å². The Kier molecular flexibility index (Phi) is 5.03. The van der Waals surface area contributed by atoms with Gasteiger partial charge in [-0.05, 0) is 43.8 Å². The van der Waals surface area contributed by atoms with E-state index < -0.39 is 0 Å². The molecular formula is C18H22N4O2S. The number of hydrogen-bond donors (Lipinski definition) is 1. The molecule has 0 radical (unpaired) electrons. The van der Waals surface area contributed by atoms with E-state index in [1.165, 1.54) is 11.3 Å². The molecule has 1 saturated heterocycles. The van der Waals surface area contributed by atoms with E-state index >= 15 is 0 Å². The summed E-state index contributed by atoms with van der Waals surface area (Å²) in [6, 6.07) is 5.53. The monoisotopic (exact) mass is 358 g/mol. The van der Waals surface area contributed by atoms with E-state index in [2.05, 4.69) is 10.3 Å². The lowest BCUT2D eigenvalue weighted by molar-refractivity contribution is 0.0676. The van der Waals surface area contributed by atoms with Crippen LogP contribution in [0.15, 0.2) is 23.6 Å². The fourth-order valence-corrected chi connectivity index (χ4v) is 3.76. The number of aryl methyl sites for hydroxylation is 3. The van der Waals surface area contributed by atoms with Gasteiger partial charge in [-0.15, -0.1) is 11.3 Å². The molecule has 2 aromatic rings. The Morgan fingerprint density at radius 1 is 1.12 bits per heavy atom. The Morgan fingerprint density at radius 2 is 1.80 bits per heavy atom. The number of urea groups is 1. The van der Waals surface area contributed by atoms with Crippen molar-refractivity contribution in [3.63, 3.8) is 0 Å². The zero-order chi connectivity index (χ0) is 18.0. The van der Waals surface area contributed by atoms with E-state index in [1.807, 2.05) is 44.4 Å². The highest BCUT2D eigenvalue weighted by atomic mass is 32.1. The molecule has 0 spiro atoms. The Bertz CT molecular complexity index is 757. The first-order chi connectivity index (χ1) is 12.0. The average molecular weight is 358 g/mol. The molecule has 25 heavy (non-hydrogen) atoms. The third-order valence-electron chi connectivity index (χ3n) is 4.34. The Hall–Kier alpha value is -2.41. The van der Waals surface area contributed by atoms with Crippen molar-refractivity contribution < 1.29 is 9.59 Å². The summed E-state index contributed by atoms with van der Waals surface area (Å²) in [6.07, 6.45) is 0. The van der Waals surface area contributed by atoms with Gasteiger partial charge < -0.3 is 15.1 Å². The molecule has 132 valence electrons. The van der Waals surface area contributed by atoms with E-state index in [0.717, 1.165) is 27.5 Å². The number of thiophene rings is 1. The van der Waals surface area contributed by atoms with Crippen molar-refractivity contribution in [3.8, 4) is 0 Å². The molecule has 1 aliphatic rings. The lowest BCUT2D eigenvalue weighted by Crippen LogP contribution is -2.51. The summed E-state index contributed by atoms with van der Waals surface area (Å²) >= 11 is 1.45. The number of aromatic nitrogens is 1. The highest BCUT2D eigenvalue weighted by Gasteiger charge is 2.25. The van der Waals surface area contributed by atoms with Crippen LogP contribution in [0, 0.1) is 20.8 Å². The van der Waals surface area contributed by atoms with Crippen LogP contribution < -0.4 is 5.32 Å². The Morgan fingerprint density at radius 3 is 2.40 bits per heavy atom. The summed E-state index contributed by atoms with van der Waals surface area (Å²) < 4.78 is 0. The first kappa shape index (κ1) is 17.4. The van der Waals surface area contributed by atoms with Crippen LogP contribution in [0.2, 0.25) is 0 Å². The number of nitrogens with one attached hydrogen (secondary N) is 1. The summed E-state index contributed by atoms with van der Waals surface area (Å²) in [5, 5.41) is 4.87. The standard InChI is InChI=1S/C18H22N4O2S/c1-12-11-13(2)19-14(3)16(12)20-18(24)22-8-6-21(7-9-22)17(23)15-5-4-10-25-15/h4-5,10-11H,6-9H2,1-3H3,(H,20,24). The topological polar surface area (TPSA) is 65.5 Å². The van der Waals surface area contributed by atoms with Gasteiger partial charge in [0.15, 0.2) is 0 Å². The van der Waals surface area contributed by atoms with E-state index in [4.69, 9.17) is 0 Å². The van der Waals surface area contributed by atoms with Gasteiger partial charge in [-0.25, -0.2) is 4.79 Å². The third kappa shape index (κ3) is 3.82. The molecule has 0 saturated carbocycles. The molecule has 1 fully saturated rings. The maximum absolute atomic E-state index is 12.5. The highest BCUT2D eigenvalue weighted by molar-refractivity contribution is 7.12. The maximum atomic E-state index is 12.5. The number of nitrogens with zero attached hydrogens (tertiary/aromatic N) is 3. The maximum Gasteiger partial charge on any atom is 0.322 e. The molecule has 6 nitrogen and oxygen atoms in total. The quantitative estimate of drug-likeness (QED) is 0.897. The molecule has 7 heteroatoms. The fraction of sp³-hybridized carbons (Fsp3) is 0.389. The number of carbonyl (C=O) groups is 2. The van der Waals surface area contributed by atoms with Crippen LogP contribution in [-0.2, 0) is 0 Å². The molecule has 0 bridgehead atoms. The van der Waals surface area contributed by atoms with Gasteiger partial charge in [-0.3, -0.25) is 9.78 Å². The van der Waals surface area contributed by atoms with Crippen molar-refractivity contribution in [2.45, 2.75) is 20.8 Å². The number of pyridine rings is 1. The van der Waals surface area contributed by atoms with Gasteiger partial charge in [0.05, 0.1) is 16.3 Å². The summed E-state index contributed by atoms with van der Waals surface area (Å²) in [6.45, 7) is 7.96. The number of carbonyl (C=O) groups excluding carboxylic acids is 2. The predicted octanol–water partition coefficient (Wildman–Crippen LogP) is 3.06. The number of piperazine rings is 1. The zero-order valence-electron chi connectivity index (χ0n) is 14.7. The van der Waals surface area contributed by atoms with Crippen LogP contribution in [0.3, 0.4) is 0 Å². The number of amides is 3. The second kappa shape index (κ2) is 7.23. The van der Waals surface area contributed by atoms with Crippen molar-refractivity contribution in [3.05, 3.63) is 45.4 Å². The zero-order valence-corrected chi connectivity index (χ0v) is 15.5. The summed E-state index contributed by atoms with van der Waals surface area (Å²) in [5.41, 5.74) is 3.53. The summed E-state index contributed by atoms with van der Waals surface area (Å²) in [4.78, 5) is 33.6. The van der Waals surface area contributed by atoms with Crippen molar-refractivity contribution >= 4 is 29.0 Å². The highest BCUT2D eigenvalue weighted by Crippen LogP contribution is 2.20. The molecule has 3 rings (SSSR count). The average Bonchev–Trinajstić information content (AvgIpc) is 3.12. The van der Waals surface area contributed by atoms with Crippen molar-refractivity contribution in [1.82, 2.24) is 14.8 Å². The minimum Gasteiger partial charge on any atom is -0.334 e. The summed E-state index contributed by atoms with van der Waals surface area (Å²) in [5.74, 6) is 0.0458. The van der Waals surface area contributed by atoms with Crippen molar-refractivity contribution in [1.29, 1.82) is 0 Å². The molecule has 2 aromatic heterocycles. The van der Waals surface area contributed by atoms with E-state index in [0.29, 0.717) is 26.2 Å². The molecule has 3 heterocycles. The second-order valence-corrected chi connectivity index (χ2v) is 7.18. The minimum absolute atomic E-state index is 0.0458. The molecule has 0 aromatic carbocycles. The molecule has 3 amide bonds. The predicted molar refractivity (Wildman–Crippen MR) is 99.3 cm³/mol. The molecule has 1 N–H and O–H groups in total. The van der Waals surface area contributed by atoms with E-state index in [9.17, 15) is 9.59 Å². The van der Waals surface area contributed by atoms with Gasteiger partial charge in [-0.2, -0.15) is 0 Å². The molecule has 0 unspecified atom stereocenters. The normalized spacial score (nSPS) is 14.5. The molecule has 1 aliphatic heterocycles. The number of rotatable bonds is 2. The molecule has 0 aliphatic carbocycles.